The fourth-order valence-corrected chi connectivity index (χ4v) is 13.3. The van der Waals surface area contributed by atoms with Crippen molar-refractivity contribution >= 4 is 164 Å². The fourth-order valence-electron chi connectivity index (χ4n) is 10.7. The number of nitrogens with zero attached hydrogens (tertiary/aromatic N) is 14. The highest BCUT2D eigenvalue weighted by atomic mass is 32.2. The second-order valence-electron chi connectivity index (χ2n) is 22.5. The molecule has 8 N–H and O–H groups in total. The Kier molecular flexibility index (Phi) is 26.4. The molecule has 0 aliphatic carbocycles. The lowest BCUT2D eigenvalue weighted by atomic mass is 10.1. The van der Waals surface area contributed by atoms with Gasteiger partial charge in [0.2, 0.25) is 28.1 Å². The summed E-state index contributed by atoms with van der Waals surface area (Å²) in [5.74, 6) is -1.28. The van der Waals surface area contributed by atoms with Gasteiger partial charge in [-0.15, -0.1) is 20.5 Å². The Morgan fingerprint density at radius 3 is 1.24 bits per heavy atom. The Balaban J connectivity index is 1.13. The number of azo groups is 2. The lowest BCUT2D eigenvalue weighted by Gasteiger charge is -2.27. The van der Waals surface area contributed by atoms with E-state index in [1.165, 1.54) is 64.5 Å². The van der Waals surface area contributed by atoms with Gasteiger partial charge in [-0.1, -0.05) is 22.7 Å². The average molecular weight is 1500 g/mol. The first-order valence-corrected chi connectivity index (χ1v) is 36.8. The molecule has 9 rings (SSSR count). The van der Waals surface area contributed by atoms with Crippen LogP contribution in [0, 0.1) is 0 Å². The molecule has 0 atom stereocenters. The van der Waals surface area contributed by atoms with Crippen molar-refractivity contribution in [3.63, 3.8) is 0 Å². The van der Waals surface area contributed by atoms with Crippen LogP contribution >= 0.6 is 22.7 Å². The van der Waals surface area contributed by atoms with E-state index < -0.39 is 53.4 Å². The summed E-state index contributed by atoms with van der Waals surface area (Å²) in [6, 6.07) is 16.4. The minimum atomic E-state index is -4.52. The number of aromatic nitrogens is 5. The van der Waals surface area contributed by atoms with Gasteiger partial charge in [-0.3, -0.25) is 28.3 Å². The number of Topliss-reactive ketones (excluding diaryl/α,β-unsaturated/α-hetero) is 2. The summed E-state index contributed by atoms with van der Waals surface area (Å²) < 4.78 is 89.0. The number of carbonyl (C=O) groups is 4. The minimum absolute atomic E-state index is 0.0152. The number of thiazole rings is 2. The highest BCUT2D eigenvalue weighted by Crippen LogP contribution is 2.45. The van der Waals surface area contributed by atoms with Crippen LogP contribution in [0.1, 0.15) is 51.3 Å². The summed E-state index contributed by atoms with van der Waals surface area (Å²) in [6.07, 6.45) is 2.79. The van der Waals surface area contributed by atoms with Gasteiger partial charge in [0.25, 0.3) is 32.1 Å². The molecule has 2 aliphatic heterocycles. The quantitative estimate of drug-likeness (QED) is 0.00625. The molecule has 0 saturated carbocycles. The smallest absolute Gasteiger partial charge is 0.294 e. The summed E-state index contributed by atoms with van der Waals surface area (Å²) in [4.78, 5) is 87.9. The van der Waals surface area contributed by atoms with Crippen molar-refractivity contribution in [1.29, 1.82) is 0 Å². The first-order valence-electron chi connectivity index (χ1n) is 32.3. The van der Waals surface area contributed by atoms with E-state index in [-0.39, 0.29) is 88.3 Å². The molecular weight excluding hydrogens is 1420 g/mol. The number of amides is 2. The Morgan fingerprint density at radius 1 is 0.553 bits per heavy atom. The number of ether oxygens (including phenoxy) is 4. The second-order valence-corrected chi connectivity index (χ2v) is 27.4. The molecule has 0 spiro atoms. The standard InChI is InChI=1S/C65H78N18O16S4/c1-9-79(10-2)51-35-47(49(37-53(51)96-7)75-77-64-70-57(81-23-29-98-30-24-81)55(100-64)33-45(39(5)86)59(88)66-41-13-17-43(18-14-41)102(90,91)92)68-61-72-62(74-63(73-61)83(21-27-84)22-28-85)69-48-36-52(80(11-3)12-4)54(97-8)38-50(48)76-78-65-71-58(82-25-31-99-32-26-82)56(101-65)34-46(40(6)87)60(89)67-42-15-19-44(20-16-42)103(93,94)95/h13-20,33-38,84-85H,9-12,21-32H2,1-8H3,(H,66,88)(H,67,89)(H,90,91,92)(H,93,94,95)(H2,68,69,72,73,74). The van der Waals surface area contributed by atoms with Gasteiger partial charge < -0.3 is 74.9 Å². The van der Waals surface area contributed by atoms with Crippen LogP contribution in [0.3, 0.4) is 0 Å². The third-order valence-electron chi connectivity index (χ3n) is 15.9. The van der Waals surface area contributed by atoms with Gasteiger partial charge in [-0.25, -0.2) is 0 Å². The SMILES string of the molecule is CCN(CC)c1cc(Nc2nc(Nc3cc(N(CC)CC)c(OC)cc3N=Nc3nc(N4CCOCC4)c(C=C(C(C)=O)C(=O)Nc4ccc(S(=O)(=O)O)cc4)s3)nc(N(CCO)CCO)n2)c(N=Nc2nc(N3CCOCC3)c(C=C(C(C)=O)C(=O)Nc3ccc(S(=O)(=O)O)cc3)s2)cc1OC. The van der Waals surface area contributed by atoms with Crippen molar-refractivity contribution in [2.45, 2.75) is 51.3 Å². The van der Waals surface area contributed by atoms with E-state index in [1.807, 2.05) is 37.5 Å². The number of carbonyl (C=O) groups excluding carboxylic acids is 4. The molecule has 3 aromatic heterocycles. The Morgan fingerprint density at radius 2 is 0.922 bits per heavy atom. The van der Waals surface area contributed by atoms with Crippen LogP contribution < -0.4 is 55.2 Å². The van der Waals surface area contributed by atoms with Crippen molar-refractivity contribution < 1.29 is 74.3 Å². The number of hydrogen-bond donors (Lipinski definition) is 8. The molecule has 34 nitrogen and oxygen atoms in total. The van der Waals surface area contributed by atoms with Crippen LogP contribution in [0.4, 0.5) is 85.2 Å². The predicted molar refractivity (Wildman–Crippen MR) is 392 cm³/mol. The normalized spacial score (nSPS) is 13.9. The number of aliphatic hydroxyl groups is 2. The maximum absolute atomic E-state index is 13.8. The third kappa shape index (κ3) is 19.8. The number of ketones is 2. The average Bonchev–Trinajstić information content (AvgIpc) is 0.935. The Hall–Kier alpha value is -10.0. The van der Waals surface area contributed by atoms with E-state index in [9.17, 15) is 55.3 Å². The number of morpholine rings is 2. The van der Waals surface area contributed by atoms with E-state index in [1.54, 1.807) is 29.2 Å². The fraction of sp³-hybridized carbons (Fsp3) is 0.369. The lowest BCUT2D eigenvalue weighted by Crippen LogP contribution is -2.36. The van der Waals surface area contributed by atoms with Crippen LogP contribution in [-0.2, 0) is 48.9 Å². The van der Waals surface area contributed by atoms with Crippen LogP contribution in [0.15, 0.2) is 114 Å². The topological polar surface area (TPSA) is 433 Å². The Labute approximate surface area is 601 Å². The molecule has 0 radical (unpaired) electrons. The van der Waals surface area contributed by atoms with E-state index in [2.05, 4.69) is 41.3 Å². The van der Waals surface area contributed by atoms with E-state index in [0.717, 1.165) is 46.9 Å². The molecule has 5 heterocycles. The Bertz CT molecular complexity index is 4290. The summed E-state index contributed by atoms with van der Waals surface area (Å²) in [5.41, 5.74) is 2.07. The summed E-state index contributed by atoms with van der Waals surface area (Å²) >= 11 is 2.08. The molecule has 0 bridgehead atoms. The minimum Gasteiger partial charge on any atom is -0.494 e. The summed E-state index contributed by atoms with van der Waals surface area (Å²) in [6.45, 7) is 14.9. The van der Waals surface area contributed by atoms with E-state index in [4.69, 9.17) is 54.1 Å². The molecule has 2 saturated heterocycles. The predicted octanol–water partition coefficient (Wildman–Crippen LogP) is 8.99. The summed E-state index contributed by atoms with van der Waals surface area (Å²) in [5, 5.41) is 51.6. The van der Waals surface area contributed by atoms with Crippen molar-refractivity contribution in [2.24, 2.45) is 20.5 Å². The molecule has 2 amide bonds. The second kappa shape index (κ2) is 35.2. The summed E-state index contributed by atoms with van der Waals surface area (Å²) in [7, 11) is -6.01. The third-order valence-corrected chi connectivity index (χ3v) is 19.4. The van der Waals surface area contributed by atoms with Crippen LogP contribution in [0.2, 0.25) is 0 Å². The van der Waals surface area contributed by atoms with Gasteiger partial charge >= 0.3 is 0 Å². The number of nitrogens with one attached hydrogen (secondary N) is 4. The van der Waals surface area contributed by atoms with Gasteiger partial charge in [-0.05, 0) is 114 Å². The zero-order chi connectivity index (χ0) is 74.1. The number of rotatable bonds is 33. The number of methoxy groups -OCH3 is 2. The first kappa shape index (κ1) is 77.1. The van der Waals surface area contributed by atoms with Gasteiger partial charge in [0.1, 0.15) is 34.5 Å². The number of benzene rings is 4. The molecule has 103 heavy (non-hydrogen) atoms. The maximum atomic E-state index is 13.8. The maximum Gasteiger partial charge on any atom is 0.294 e. The molecule has 4 aromatic carbocycles. The number of aliphatic hydroxyl groups excluding tert-OH is 2. The highest BCUT2D eigenvalue weighted by molar-refractivity contribution is 7.86. The van der Waals surface area contributed by atoms with Crippen LogP contribution in [0.5, 0.6) is 11.5 Å². The lowest BCUT2D eigenvalue weighted by molar-refractivity contribution is -0.120. The van der Waals surface area contributed by atoms with Crippen LogP contribution in [0.25, 0.3) is 12.2 Å². The van der Waals surface area contributed by atoms with Crippen molar-refractivity contribution in [2.75, 3.05) is 165 Å². The molecular formula is C65H78N18O16S4. The highest BCUT2D eigenvalue weighted by Gasteiger charge is 2.28. The largest absolute Gasteiger partial charge is 0.494 e. The van der Waals surface area contributed by atoms with Crippen molar-refractivity contribution in [1.82, 2.24) is 24.9 Å². The van der Waals surface area contributed by atoms with Crippen molar-refractivity contribution in [3.05, 3.63) is 93.7 Å². The van der Waals surface area contributed by atoms with Gasteiger partial charge in [0.15, 0.2) is 11.6 Å². The van der Waals surface area contributed by atoms with Crippen molar-refractivity contribution in [3.8, 4) is 11.5 Å². The number of anilines is 11. The van der Waals surface area contributed by atoms with Crippen LogP contribution in [-0.4, -0.2) is 204 Å². The zero-order valence-corrected chi connectivity index (χ0v) is 60.7. The molecule has 7 aromatic rings. The van der Waals surface area contributed by atoms with Gasteiger partial charge in [0, 0.05) is 89.0 Å². The van der Waals surface area contributed by atoms with Gasteiger partial charge in [-0.2, -0.15) is 41.8 Å². The number of hydrogen-bond acceptors (Lipinski definition) is 32. The monoisotopic (exact) mass is 1490 g/mol. The van der Waals surface area contributed by atoms with E-state index in [0.29, 0.717) is 134 Å². The van der Waals surface area contributed by atoms with E-state index >= 15 is 0 Å². The zero-order valence-electron chi connectivity index (χ0n) is 57.5. The molecule has 2 fully saturated rings. The molecule has 548 valence electrons. The molecule has 38 heteroatoms. The van der Waals surface area contributed by atoms with Gasteiger partial charge in [0.05, 0.1) is 107 Å². The molecule has 0 unspecified atom stereocenters. The first-order chi connectivity index (χ1) is 49.4. The molecule has 2 aliphatic rings.